The minimum atomic E-state index is -3.93. The van der Waals surface area contributed by atoms with Gasteiger partial charge in [0.15, 0.2) is 0 Å². The zero-order valence-electron chi connectivity index (χ0n) is 20.4. The van der Waals surface area contributed by atoms with Gasteiger partial charge in [-0.05, 0) is 50.1 Å². The largest absolute Gasteiger partial charge is 0.495 e. The van der Waals surface area contributed by atoms with Gasteiger partial charge in [0.25, 0.3) is 0 Å². The Morgan fingerprint density at radius 1 is 1.11 bits per heavy atom. The SMILES string of the molecule is CCC(C(=O)NC(C)C)N(Cc1ccccc1Cl)C(=O)CN(c1cc(Cl)ccc1OC)S(C)(=O)=O. The first-order valence-electron chi connectivity index (χ1n) is 11.0. The van der Waals surface area contributed by atoms with E-state index in [9.17, 15) is 18.0 Å². The van der Waals surface area contributed by atoms with Gasteiger partial charge in [0.05, 0.1) is 19.1 Å². The van der Waals surface area contributed by atoms with Crippen molar-refractivity contribution in [2.24, 2.45) is 0 Å². The first-order chi connectivity index (χ1) is 16.4. The van der Waals surface area contributed by atoms with Crippen LogP contribution in [0.3, 0.4) is 0 Å². The zero-order chi connectivity index (χ0) is 26.3. The van der Waals surface area contributed by atoms with E-state index in [4.69, 9.17) is 27.9 Å². The highest BCUT2D eigenvalue weighted by Crippen LogP contribution is 2.33. The maximum Gasteiger partial charge on any atom is 0.244 e. The Morgan fingerprint density at radius 3 is 2.31 bits per heavy atom. The zero-order valence-corrected chi connectivity index (χ0v) is 22.7. The van der Waals surface area contributed by atoms with Crippen LogP contribution in [0, 0.1) is 0 Å². The summed E-state index contributed by atoms with van der Waals surface area (Å²) >= 11 is 12.5. The van der Waals surface area contributed by atoms with Gasteiger partial charge in [0.1, 0.15) is 18.3 Å². The molecule has 2 aromatic carbocycles. The third-order valence-electron chi connectivity index (χ3n) is 5.20. The highest BCUT2D eigenvalue weighted by atomic mass is 35.5. The summed E-state index contributed by atoms with van der Waals surface area (Å²) in [5.41, 5.74) is 0.748. The molecule has 1 N–H and O–H groups in total. The predicted octanol–water partition coefficient (Wildman–Crippen LogP) is 4.10. The summed E-state index contributed by atoms with van der Waals surface area (Å²) in [6, 6.07) is 10.5. The molecule has 192 valence electrons. The van der Waals surface area contributed by atoms with Crippen LogP contribution in [0.15, 0.2) is 42.5 Å². The summed E-state index contributed by atoms with van der Waals surface area (Å²) in [7, 11) is -2.54. The van der Waals surface area contributed by atoms with Gasteiger partial charge in [-0.2, -0.15) is 0 Å². The van der Waals surface area contributed by atoms with Crippen molar-refractivity contribution in [3.8, 4) is 5.75 Å². The third kappa shape index (κ3) is 7.75. The molecule has 0 spiro atoms. The fourth-order valence-electron chi connectivity index (χ4n) is 3.56. The Balaban J connectivity index is 2.53. The van der Waals surface area contributed by atoms with Crippen LogP contribution in [0.4, 0.5) is 5.69 Å². The number of methoxy groups -OCH3 is 1. The van der Waals surface area contributed by atoms with Gasteiger partial charge in [-0.15, -0.1) is 0 Å². The number of carbonyl (C=O) groups is 2. The lowest BCUT2D eigenvalue weighted by atomic mass is 10.1. The fourth-order valence-corrected chi connectivity index (χ4v) is 4.77. The molecule has 2 rings (SSSR count). The van der Waals surface area contributed by atoms with E-state index in [2.05, 4.69) is 5.32 Å². The Labute approximate surface area is 217 Å². The summed E-state index contributed by atoms with van der Waals surface area (Å²) in [5.74, 6) is -0.688. The molecule has 0 saturated heterocycles. The second kappa shape index (κ2) is 12.5. The molecule has 2 aromatic rings. The van der Waals surface area contributed by atoms with E-state index in [1.807, 2.05) is 13.8 Å². The summed E-state index contributed by atoms with van der Waals surface area (Å²) in [6.45, 7) is 4.88. The molecule has 0 radical (unpaired) electrons. The quantitative estimate of drug-likeness (QED) is 0.460. The molecule has 11 heteroatoms. The van der Waals surface area contributed by atoms with Gasteiger partial charge < -0.3 is 15.0 Å². The number of rotatable bonds is 11. The number of amides is 2. The Hall–Kier alpha value is -2.49. The van der Waals surface area contributed by atoms with Gasteiger partial charge >= 0.3 is 0 Å². The van der Waals surface area contributed by atoms with E-state index in [0.29, 0.717) is 17.0 Å². The van der Waals surface area contributed by atoms with E-state index < -0.39 is 28.5 Å². The van der Waals surface area contributed by atoms with E-state index >= 15 is 0 Å². The van der Waals surface area contributed by atoms with Gasteiger partial charge in [-0.1, -0.05) is 48.3 Å². The lowest BCUT2D eigenvalue weighted by Crippen LogP contribution is -2.53. The maximum atomic E-state index is 13.7. The third-order valence-corrected chi connectivity index (χ3v) is 6.93. The maximum absolute atomic E-state index is 13.7. The van der Waals surface area contributed by atoms with Gasteiger partial charge in [0.2, 0.25) is 21.8 Å². The molecular formula is C24H31Cl2N3O5S. The summed E-state index contributed by atoms with van der Waals surface area (Å²) in [5, 5.41) is 3.54. The number of nitrogens with one attached hydrogen (secondary N) is 1. The first-order valence-corrected chi connectivity index (χ1v) is 13.6. The molecule has 0 aliphatic carbocycles. The average molecular weight is 545 g/mol. The molecule has 0 aromatic heterocycles. The molecular weight excluding hydrogens is 513 g/mol. The van der Waals surface area contributed by atoms with Crippen LogP contribution in [-0.4, -0.2) is 57.1 Å². The lowest BCUT2D eigenvalue weighted by Gasteiger charge is -2.33. The van der Waals surface area contributed by atoms with Crippen molar-refractivity contribution in [3.05, 3.63) is 58.1 Å². The van der Waals surface area contributed by atoms with E-state index in [-0.39, 0.29) is 35.0 Å². The molecule has 0 heterocycles. The van der Waals surface area contributed by atoms with Gasteiger partial charge in [-0.25, -0.2) is 8.42 Å². The number of carbonyl (C=O) groups excluding carboxylic acids is 2. The number of nitrogens with zero attached hydrogens (tertiary/aromatic N) is 2. The summed E-state index contributed by atoms with van der Waals surface area (Å²) < 4.78 is 31.7. The van der Waals surface area contributed by atoms with Crippen molar-refractivity contribution < 1.29 is 22.7 Å². The standard InChI is InChI=1S/C24H31Cl2N3O5S/c1-6-20(24(31)27-16(2)3)28(14-17-9-7-8-10-19(17)26)23(30)15-29(35(5,32)33)21-13-18(25)11-12-22(21)34-4/h7-13,16,20H,6,14-15H2,1-5H3,(H,27,31). The van der Waals surface area contributed by atoms with Crippen molar-refractivity contribution in [3.63, 3.8) is 0 Å². The van der Waals surface area contributed by atoms with Crippen LogP contribution >= 0.6 is 23.2 Å². The van der Waals surface area contributed by atoms with Gasteiger partial charge in [0, 0.05) is 22.6 Å². The molecule has 2 amide bonds. The number of ether oxygens (including phenoxy) is 1. The number of anilines is 1. The van der Waals surface area contributed by atoms with Crippen molar-refractivity contribution in [2.45, 2.75) is 45.8 Å². The number of hydrogen-bond acceptors (Lipinski definition) is 5. The number of hydrogen-bond donors (Lipinski definition) is 1. The van der Waals surface area contributed by atoms with E-state index in [1.165, 1.54) is 24.1 Å². The lowest BCUT2D eigenvalue weighted by molar-refractivity contribution is -0.140. The molecule has 1 atom stereocenters. The van der Waals surface area contributed by atoms with E-state index in [0.717, 1.165) is 10.6 Å². The number of halogens is 2. The number of benzene rings is 2. The molecule has 35 heavy (non-hydrogen) atoms. The van der Waals surface area contributed by atoms with Gasteiger partial charge in [-0.3, -0.25) is 13.9 Å². The molecule has 0 aliphatic rings. The highest BCUT2D eigenvalue weighted by molar-refractivity contribution is 7.92. The fraction of sp³-hybridized carbons (Fsp3) is 0.417. The molecule has 1 unspecified atom stereocenters. The Morgan fingerprint density at radius 2 is 1.77 bits per heavy atom. The van der Waals surface area contributed by atoms with Crippen LogP contribution in [0.5, 0.6) is 5.75 Å². The van der Waals surface area contributed by atoms with Crippen LogP contribution in [0.1, 0.15) is 32.8 Å². The summed E-state index contributed by atoms with van der Waals surface area (Å²) in [4.78, 5) is 28.0. The van der Waals surface area contributed by atoms with Crippen LogP contribution < -0.4 is 14.4 Å². The molecule has 0 saturated carbocycles. The molecule has 8 nitrogen and oxygen atoms in total. The first kappa shape index (κ1) is 28.7. The molecule has 0 bridgehead atoms. The van der Waals surface area contributed by atoms with Crippen LogP contribution in [-0.2, 0) is 26.2 Å². The smallest absolute Gasteiger partial charge is 0.244 e. The molecule has 0 fully saturated rings. The Bertz CT molecular complexity index is 1160. The topological polar surface area (TPSA) is 96.0 Å². The second-order valence-corrected chi connectivity index (χ2v) is 11.0. The summed E-state index contributed by atoms with van der Waals surface area (Å²) in [6.07, 6.45) is 1.30. The normalized spacial score (nSPS) is 12.2. The van der Waals surface area contributed by atoms with Crippen LogP contribution in [0.2, 0.25) is 10.0 Å². The second-order valence-electron chi connectivity index (χ2n) is 8.29. The van der Waals surface area contributed by atoms with Crippen molar-refractivity contribution in [1.29, 1.82) is 0 Å². The minimum absolute atomic E-state index is 0.0206. The van der Waals surface area contributed by atoms with Crippen molar-refractivity contribution in [2.75, 3.05) is 24.2 Å². The molecule has 0 aliphatic heterocycles. The monoisotopic (exact) mass is 543 g/mol. The average Bonchev–Trinajstić information content (AvgIpc) is 2.77. The Kier molecular flexibility index (Phi) is 10.2. The van der Waals surface area contributed by atoms with Crippen LogP contribution in [0.25, 0.3) is 0 Å². The predicted molar refractivity (Wildman–Crippen MR) is 140 cm³/mol. The number of sulfonamides is 1. The van der Waals surface area contributed by atoms with E-state index in [1.54, 1.807) is 37.3 Å². The van der Waals surface area contributed by atoms with Crippen molar-refractivity contribution >= 4 is 50.7 Å². The highest BCUT2D eigenvalue weighted by Gasteiger charge is 2.33. The van der Waals surface area contributed by atoms with Crippen molar-refractivity contribution in [1.82, 2.24) is 10.2 Å². The minimum Gasteiger partial charge on any atom is -0.495 e.